The van der Waals surface area contributed by atoms with Gasteiger partial charge in [0.1, 0.15) is 5.75 Å². The van der Waals surface area contributed by atoms with E-state index in [1.165, 1.54) is 0 Å². The molecular formula is C40H51N4O12S2+. The van der Waals surface area contributed by atoms with Crippen LogP contribution in [-0.4, -0.2) is 104 Å². The Hall–Kier alpha value is -5.01. The number of carboxylic acid groups (broad SMARTS) is 1. The van der Waals surface area contributed by atoms with Crippen LogP contribution in [0.5, 0.6) is 5.75 Å². The molecule has 0 aliphatic rings. The summed E-state index contributed by atoms with van der Waals surface area (Å²) in [6.45, 7) is 5.77. The molecule has 0 atom stereocenters. The number of benzene rings is 3. The molecule has 0 saturated heterocycles. The number of amides is 2. The van der Waals surface area contributed by atoms with Gasteiger partial charge in [-0.05, 0) is 94.6 Å². The number of carboxylic acids is 1. The summed E-state index contributed by atoms with van der Waals surface area (Å²) in [5.74, 6) is -2.68. The van der Waals surface area contributed by atoms with Crippen molar-refractivity contribution in [3.8, 4) is 5.75 Å². The summed E-state index contributed by atoms with van der Waals surface area (Å²) in [7, 11) is -8.28. The van der Waals surface area contributed by atoms with Crippen LogP contribution in [0.1, 0.15) is 76.8 Å². The maximum absolute atomic E-state index is 14.0. The van der Waals surface area contributed by atoms with E-state index >= 15 is 0 Å². The number of aromatic nitrogens is 1. The highest BCUT2D eigenvalue weighted by Gasteiger charge is 2.26. The van der Waals surface area contributed by atoms with Crippen molar-refractivity contribution in [1.29, 1.82) is 0 Å². The lowest BCUT2D eigenvalue weighted by molar-refractivity contribution is -0.645. The maximum Gasteiger partial charge on any atom is 0.345 e. The Labute approximate surface area is 338 Å². The van der Waals surface area contributed by atoms with Crippen molar-refractivity contribution < 1.29 is 59.5 Å². The van der Waals surface area contributed by atoms with E-state index in [9.17, 15) is 40.6 Å². The largest absolute Gasteiger partial charge is 0.481 e. The number of ether oxygens (including phenoxy) is 1. The van der Waals surface area contributed by atoms with Crippen molar-refractivity contribution in [1.82, 2.24) is 15.5 Å². The predicted molar refractivity (Wildman–Crippen MR) is 217 cm³/mol. The molecule has 4 rings (SSSR count). The van der Waals surface area contributed by atoms with E-state index in [1.54, 1.807) is 50.2 Å². The average Bonchev–Trinajstić information content (AvgIpc) is 3.14. The van der Waals surface area contributed by atoms with Gasteiger partial charge in [-0.1, -0.05) is 24.3 Å². The van der Waals surface area contributed by atoms with Gasteiger partial charge in [0.2, 0.25) is 16.9 Å². The summed E-state index contributed by atoms with van der Waals surface area (Å²) in [6, 6.07) is 17.7. The second-order valence-electron chi connectivity index (χ2n) is 14.1. The lowest BCUT2D eigenvalue weighted by Gasteiger charge is -2.22. The molecule has 0 aliphatic carbocycles. The van der Waals surface area contributed by atoms with Crippen LogP contribution in [0.3, 0.4) is 0 Å². The second kappa shape index (κ2) is 21.1. The van der Waals surface area contributed by atoms with Crippen LogP contribution in [-0.2, 0) is 36.4 Å². The maximum atomic E-state index is 14.0. The lowest BCUT2D eigenvalue weighted by atomic mass is 10.0. The molecule has 18 heteroatoms. The number of carbonyl (C=O) groups is 4. The Morgan fingerprint density at radius 1 is 0.707 bits per heavy atom. The fourth-order valence-electron chi connectivity index (χ4n) is 6.80. The fraction of sp³-hybridized carbons (Fsp3) is 0.425. The van der Waals surface area contributed by atoms with Crippen LogP contribution < -0.4 is 19.9 Å². The van der Waals surface area contributed by atoms with Gasteiger partial charge in [0, 0.05) is 50.0 Å². The Bertz CT molecular complexity index is 2270. The molecule has 5 N–H and O–H groups in total. The first-order valence-electron chi connectivity index (χ1n) is 19.0. The highest BCUT2D eigenvalue weighted by atomic mass is 32.2. The number of fused-ring (bicyclic) bond motifs is 2. The molecule has 1 aromatic heterocycles. The third-order valence-electron chi connectivity index (χ3n) is 9.41. The normalized spacial score (nSPS) is 11.9. The highest BCUT2D eigenvalue weighted by molar-refractivity contribution is 7.86. The quantitative estimate of drug-likeness (QED) is 0.0178. The molecule has 1 heterocycles. The minimum absolute atomic E-state index is 0.0913. The number of nitrogens with one attached hydrogen (secondary N) is 2. The molecule has 0 fully saturated rings. The highest BCUT2D eigenvalue weighted by Crippen LogP contribution is 2.30. The number of nitrogens with zero attached hydrogens (tertiary/aromatic N) is 2. The van der Waals surface area contributed by atoms with Gasteiger partial charge in [0.25, 0.3) is 26.1 Å². The van der Waals surface area contributed by atoms with Crippen molar-refractivity contribution in [2.45, 2.75) is 65.3 Å². The molecule has 3 aromatic carbocycles. The first-order valence-corrected chi connectivity index (χ1v) is 22.2. The van der Waals surface area contributed by atoms with Crippen molar-refractivity contribution in [3.05, 3.63) is 82.9 Å². The summed E-state index contributed by atoms with van der Waals surface area (Å²) in [5.41, 5.74) is 3.16. The third kappa shape index (κ3) is 14.1. The van der Waals surface area contributed by atoms with E-state index in [2.05, 4.69) is 10.6 Å². The molecule has 2 amide bonds. The Morgan fingerprint density at radius 2 is 1.22 bits per heavy atom. The van der Waals surface area contributed by atoms with E-state index in [0.29, 0.717) is 95.4 Å². The zero-order chi connectivity index (χ0) is 42.5. The molecule has 0 radical (unpaired) electrons. The van der Waals surface area contributed by atoms with Crippen LogP contribution in [0.2, 0.25) is 0 Å². The standard InChI is InChI=1S/C40H50N4O12S2/c1-28-26-30(39(48)42-19-9-21-43(22-10-24-57(50,51)52)20-8-18-41-35(45)16-7-17-36(46)47)27-29(2)38(28)56-40(49)37-31-12-3-5-14-33(31)44(23-11-25-58(53,54)55)34-15-6-4-13-32(34)37/h3-6,12-15,26-27H,7-11,16-25H2,1-2H3,(H4-,41,42,45,46,47,48,50,51,52,53,54,55)/p+1. The number of para-hydroxylation sites is 2. The first kappa shape index (κ1) is 45.7. The van der Waals surface area contributed by atoms with Gasteiger partial charge >= 0.3 is 11.9 Å². The summed E-state index contributed by atoms with van der Waals surface area (Å²) in [4.78, 5) is 51.9. The molecule has 0 saturated carbocycles. The summed E-state index contributed by atoms with van der Waals surface area (Å²) >= 11 is 0. The number of hydrogen-bond acceptors (Lipinski definition) is 10. The van der Waals surface area contributed by atoms with Gasteiger partial charge in [0.05, 0.1) is 27.8 Å². The van der Waals surface area contributed by atoms with Crippen LogP contribution in [0.15, 0.2) is 60.7 Å². The minimum atomic E-state index is -4.16. The SMILES string of the molecule is Cc1cc(C(=O)NCCCN(CCCNC(=O)CCCC(=O)O)CCCS(=O)(=O)O)cc(C)c1OC(=O)c1c2ccccc2[n+](CCCS(=O)(=O)O)c2ccccc12. The molecule has 0 unspecified atom stereocenters. The number of pyridine rings is 1. The van der Waals surface area contributed by atoms with E-state index in [4.69, 9.17) is 14.4 Å². The molecule has 0 bridgehead atoms. The Morgan fingerprint density at radius 3 is 1.78 bits per heavy atom. The van der Waals surface area contributed by atoms with Gasteiger partial charge in [-0.15, -0.1) is 0 Å². The molecule has 0 aliphatic heterocycles. The molecular weight excluding hydrogens is 793 g/mol. The third-order valence-corrected chi connectivity index (χ3v) is 11.0. The van der Waals surface area contributed by atoms with E-state index in [0.717, 1.165) is 0 Å². The van der Waals surface area contributed by atoms with Crippen molar-refractivity contribution in [2.75, 3.05) is 44.2 Å². The predicted octanol–water partition coefficient (Wildman–Crippen LogP) is 3.86. The topological polar surface area (TPSA) is 238 Å². The monoisotopic (exact) mass is 843 g/mol. The van der Waals surface area contributed by atoms with Crippen LogP contribution in [0.4, 0.5) is 0 Å². The lowest BCUT2D eigenvalue weighted by Crippen LogP contribution is -2.37. The van der Waals surface area contributed by atoms with Crippen LogP contribution in [0, 0.1) is 13.8 Å². The second-order valence-corrected chi connectivity index (χ2v) is 17.2. The molecule has 16 nitrogen and oxygen atoms in total. The molecule has 0 spiro atoms. The van der Waals surface area contributed by atoms with Gasteiger partial charge in [0.15, 0.2) is 6.54 Å². The number of esters is 1. The number of aliphatic carboxylic acids is 1. The van der Waals surface area contributed by atoms with Crippen molar-refractivity contribution >= 4 is 65.8 Å². The average molecular weight is 844 g/mol. The Balaban J connectivity index is 1.39. The van der Waals surface area contributed by atoms with Gasteiger partial charge in [-0.2, -0.15) is 21.4 Å². The zero-order valence-electron chi connectivity index (χ0n) is 32.6. The number of aryl methyl sites for hydroxylation is 3. The number of carbonyl (C=O) groups excluding carboxylic acids is 3. The van der Waals surface area contributed by atoms with E-state index in [1.807, 2.05) is 33.7 Å². The Kier molecular flexibility index (Phi) is 16.6. The number of rotatable bonds is 23. The minimum Gasteiger partial charge on any atom is -0.481 e. The van der Waals surface area contributed by atoms with Gasteiger partial charge < -0.3 is 25.4 Å². The van der Waals surface area contributed by atoms with E-state index in [-0.39, 0.29) is 50.5 Å². The number of hydrogen-bond donors (Lipinski definition) is 5. The summed E-state index contributed by atoms with van der Waals surface area (Å²) < 4.78 is 71.7. The smallest absolute Gasteiger partial charge is 0.345 e. The zero-order valence-corrected chi connectivity index (χ0v) is 34.2. The molecule has 58 heavy (non-hydrogen) atoms. The van der Waals surface area contributed by atoms with Crippen molar-refractivity contribution in [3.63, 3.8) is 0 Å². The first-order chi connectivity index (χ1) is 27.4. The van der Waals surface area contributed by atoms with Crippen molar-refractivity contribution in [2.24, 2.45) is 0 Å². The van der Waals surface area contributed by atoms with Crippen LogP contribution in [0.25, 0.3) is 21.8 Å². The van der Waals surface area contributed by atoms with Gasteiger partial charge in [-0.25, -0.2) is 4.79 Å². The van der Waals surface area contributed by atoms with Gasteiger partial charge in [-0.3, -0.25) is 23.5 Å². The molecule has 4 aromatic rings. The summed E-state index contributed by atoms with van der Waals surface area (Å²) in [6.07, 6.45) is 1.67. The van der Waals surface area contributed by atoms with E-state index < -0.39 is 43.7 Å². The molecule has 314 valence electrons. The fourth-order valence-corrected chi connectivity index (χ4v) is 7.79. The van der Waals surface area contributed by atoms with Crippen LogP contribution >= 0.6 is 0 Å². The summed E-state index contributed by atoms with van der Waals surface area (Å²) in [5, 5.41) is 15.6.